The summed E-state index contributed by atoms with van der Waals surface area (Å²) in [6.45, 7) is 4.90. The van der Waals surface area contributed by atoms with E-state index in [1.54, 1.807) is 0 Å². The minimum absolute atomic E-state index is 0. The van der Waals surface area contributed by atoms with Gasteiger partial charge in [0, 0.05) is 15.9 Å². The van der Waals surface area contributed by atoms with Gasteiger partial charge in [-0.3, -0.25) is 4.99 Å². The molecule has 0 aliphatic heterocycles. The van der Waals surface area contributed by atoms with Crippen LogP contribution in [0.2, 0.25) is 0 Å². The van der Waals surface area contributed by atoms with Crippen LogP contribution in [0.25, 0.3) is 0 Å². The molecule has 3 nitrogen and oxygen atoms in total. The van der Waals surface area contributed by atoms with E-state index in [4.69, 9.17) is 5.73 Å². The fraction of sp³-hybridized carbons (Fsp3) is 0.533. The molecule has 0 amide bonds. The zero-order valence-electron chi connectivity index (χ0n) is 12.0. The van der Waals surface area contributed by atoms with Gasteiger partial charge in [0.15, 0.2) is 5.96 Å². The highest BCUT2D eigenvalue weighted by atomic mass is 127. The fourth-order valence-corrected chi connectivity index (χ4v) is 2.94. The second kappa shape index (κ2) is 7.64. The number of nitrogens with two attached hydrogens (primary N) is 1. The van der Waals surface area contributed by atoms with E-state index in [-0.39, 0.29) is 29.4 Å². The fourth-order valence-electron chi connectivity index (χ4n) is 2.54. The molecule has 20 heavy (non-hydrogen) atoms. The SMILES string of the molecule is CC(C)NC(N)=NCC1(c2cccc(Br)c2)CCC1.I. The van der Waals surface area contributed by atoms with Crippen LogP contribution in [0.4, 0.5) is 0 Å². The average Bonchev–Trinajstić information content (AvgIpc) is 2.26. The molecule has 0 atom stereocenters. The van der Waals surface area contributed by atoms with Crippen molar-refractivity contribution >= 4 is 45.9 Å². The highest BCUT2D eigenvalue weighted by Crippen LogP contribution is 2.44. The van der Waals surface area contributed by atoms with Crippen LogP contribution in [0.1, 0.15) is 38.7 Å². The van der Waals surface area contributed by atoms with Gasteiger partial charge in [-0.1, -0.05) is 34.5 Å². The van der Waals surface area contributed by atoms with Gasteiger partial charge in [0.1, 0.15) is 0 Å². The lowest BCUT2D eigenvalue weighted by atomic mass is 9.64. The number of nitrogens with zero attached hydrogens (tertiary/aromatic N) is 1. The number of hydrogen-bond donors (Lipinski definition) is 2. The Morgan fingerprint density at radius 3 is 2.65 bits per heavy atom. The summed E-state index contributed by atoms with van der Waals surface area (Å²) in [4.78, 5) is 4.53. The molecule has 2 rings (SSSR count). The minimum Gasteiger partial charge on any atom is -0.370 e. The van der Waals surface area contributed by atoms with Crippen LogP contribution in [0.3, 0.4) is 0 Å². The van der Waals surface area contributed by atoms with Crippen molar-refractivity contribution in [1.29, 1.82) is 0 Å². The second-order valence-electron chi connectivity index (χ2n) is 5.64. The first-order chi connectivity index (χ1) is 9.02. The molecule has 3 N–H and O–H groups in total. The molecule has 112 valence electrons. The molecule has 1 aromatic carbocycles. The average molecular weight is 452 g/mol. The molecule has 0 heterocycles. The molecule has 1 fully saturated rings. The van der Waals surface area contributed by atoms with Crippen LogP contribution >= 0.6 is 39.9 Å². The maximum absolute atomic E-state index is 5.90. The molecule has 0 radical (unpaired) electrons. The predicted molar refractivity (Wildman–Crippen MR) is 99.8 cm³/mol. The van der Waals surface area contributed by atoms with Gasteiger partial charge in [-0.2, -0.15) is 0 Å². The van der Waals surface area contributed by atoms with Crippen molar-refractivity contribution in [2.24, 2.45) is 10.7 Å². The maximum Gasteiger partial charge on any atom is 0.188 e. The van der Waals surface area contributed by atoms with Crippen molar-refractivity contribution in [3.63, 3.8) is 0 Å². The van der Waals surface area contributed by atoms with E-state index < -0.39 is 0 Å². The van der Waals surface area contributed by atoms with Crippen LogP contribution in [0.15, 0.2) is 33.7 Å². The van der Waals surface area contributed by atoms with Crippen LogP contribution in [0.5, 0.6) is 0 Å². The highest BCUT2D eigenvalue weighted by molar-refractivity contribution is 14.0. The summed E-state index contributed by atoms with van der Waals surface area (Å²) < 4.78 is 1.13. The lowest BCUT2D eigenvalue weighted by molar-refractivity contribution is 0.253. The number of aliphatic imine (C=N–C) groups is 1. The van der Waals surface area contributed by atoms with Gasteiger partial charge in [0.05, 0.1) is 6.54 Å². The molecule has 1 aliphatic carbocycles. The smallest absolute Gasteiger partial charge is 0.188 e. The van der Waals surface area contributed by atoms with Crippen LogP contribution in [0, 0.1) is 0 Å². The molecule has 1 aliphatic rings. The number of nitrogens with one attached hydrogen (secondary N) is 1. The van der Waals surface area contributed by atoms with Crippen LogP contribution in [-0.2, 0) is 5.41 Å². The van der Waals surface area contributed by atoms with E-state index in [1.165, 1.54) is 24.8 Å². The molecule has 5 heteroatoms. The standard InChI is InChI=1S/C15H22BrN3.HI/c1-11(2)19-14(17)18-10-15(7-4-8-15)12-5-3-6-13(16)9-12;/h3,5-6,9,11H,4,7-8,10H2,1-2H3,(H3,17,18,19);1H. The molecule has 0 bridgehead atoms. The third kappa shape index (κ3) is 4.35. The van der Waals surface area contributed by atoms with Crippen molar-refractivity contribution in [2.45, 2.75) is 44.6 Å². The van der Waals surface area contributed by atoms with E-state index in [9.17, 15) is 0 Å². The van der Waals surface area contributed by atoms with Gasteiger partial charge >= 0.3 is 0 Å². The van der Waals surface area contributed by atoms with Crippen molar-refractivity contribution < 1.29 is 0 Å². The Morgan fingerprint density at radius 1 is 1.45 bits per heavy atom. The Morgan fingerprint density at radius 2 is 2.15 bits per heavy atom. The van der Waals surface area contributed by atoms with Gasteiger partial charge in [-0.25, -0.2) is 0 Å². The van der Waals surface area contributed by atoms with Crippen molar-refractivity contribution in [2.75, 3.05) is 6.54 Å². The third-order valence-corrected chi connectivity index (χ3v) is 4.23. The summed E-state index contributed by atoms with van der Waals surface area (Å²) in [5, 5.41) is 3.14. The Bertz CT molecular complexity index is 470. The molecule has 0 spiro atoms. The number of hydrogen-bond acceptors (Lipinski definition) is 1. The van der Waals surface area contributed by atoms with Crippen LogP contribution in [-0.4, -0.2) is 18.5 Å². The van der Waals surface area contributed by atoms with E-state index in [2.05, 4.69) is 64.4 Å². The van der Waals surface area contributed by atoms with Gasteiger partial charge < -0.3 is 11.1 Å². The minimum atomic E-state index is 0. The van der Waals surface area contributed by atoms with E-state index in [0.29, 0.717) is 12.0 Å². The molecular formula is C15H23BrIN3. The molecule has 1 aromatic rings. The summed E-state index contributed by atoms with van der Waals surface area (Å²) >= 11 is 3.55. The van der Waals surface area contributed by atoms with Crippen molar-refractivity contribution in [1.82, 2.24) is 5.32 Å². The molecule has 0 unspecified atom stereocenters. The van der Waals surface area contributed by atoms with Crippen LogP contribution < -0.4 is 11.1 Å². The number of halogens is 2. The first-order valence-corrected chi connectivity index (χ1v) is 7.64. The summed E-state index contributed by atoms with van der Waals surface area (Å²) in [7, 11) is 0. The Labute approximate surface area is 147 Å². The molecule has 1 saturated carbocycles. The topological polar surface area (TPSA) is 50.4 Å². The normalized spacial score (nSPS) is 17.3. The number of benzene rings is 1. The number of rotatable bonds is 4. The zero-order chi connectivity index (χ0) is 13.9. The third-order valence-electron chi connectivity index (χ3n) is 3.74. The first-order valence-electron chi connectivity index (χ1n) is 6.84. The monoisotopic (exact) mass is 451 g/mol. The van der Waals surface area contributed by atoms with Gasteiger partial charge in [-0.05, 0) is 44.4 Å². The molecule has 0 aromatic heterocycles. The summed E-state index contributed by atoms with van der Waals surface area (Å²) in [6, 6.07) is 8.89. The summed E-state index contributed by atoms with van der Waals surface area (Å²) in [5.41, 5.74) is 7.46. The largest absolute Gasteiger partial charge is 0.370 e. The predicted octanol–water partition coefficient (Wildman–Crippen LogP) is 3.80. The van der Waals surface area contributed by atoms with Gasteiger partial charge in [0.25, 0.3) is 0 Å². The van der Waals surface area contributed by atoms with Gasteiger partial charge in [0.2, 0.25) is 0 Å². The quantitative estimate of drug-likeness (QED) is 0.415. The van der Waals surface area contributed by atoms with Crippen molar-refractivity contribution in [3.8, 4) is 0 Å². The summed E-state index contributed by atoms with van der Waals surface area (Å²) in [5.74, 6) is 0.552. The first kappa shape index (κ1) is 17.8. The highest BCUT2D eigenvalue weighted by Gasteiger charge is 2.38. The van der Waals surface area contributed by atoms with E-state index >= 15 is 0 Å². The number of guanidine groups is 1. The lowest BCUT2D eigenvalue weighted by Gasteiger charge is -2.41. The molecule has 0 saturated heterocycles. The Hall–Kier alpha value is -0.300. The van der Waals surface area contributed by atoms with E-state index in [1.807, 2.05) is 0 Å². The lowest BCUT2D eigenvalue weighted by Crippen LogP contribution is -2.41. The summed E-state index contributed by atoms with van der Waals surface area (Å²) in [6.07, 6.45) is 3.67. The Kier molecular flexibility index (Phi) is 6.78. The van der Waals surface area contributed by atoms with Gasteiger partial charge in [-0.15, -0.1) is 24.0 Å². The molecular weight excluding hydrogens is 429 g/mol. The zero-order valence-corrected chi connectivity index (χ0v) is 15.9. The Balaban J connectivity index is 0.00000200. The van der Waals surface area contributed by atoms with Crippen molar-refractivity contribution in [3.05, 3.63) is 34.3 Å². The maximum atomic E-state index is 5.90. The second-order valence-corrected chi connectivity index (χ2v) is 6.56. The van der Waals surface area contributed by atoms with E-state index in [0.717, 1.165) is 11.0 Å².